The molecule has 5 heteroatoms. The lowest BCUT2D eigenvalue weighted by atomic mass is 9.74. The molecule has 6 atom stereocenters. The summed E-state index contributed by atoms with van der Waals surface area (Å²) in [6, 6.07) is 1.84. The van der Waals surface area contributed by atoms with Gasteiger partial charge in [0.15, 0.2) is 0 Å². The molecule has 2 amide bonds. The lowest BCUT2D eigenvalue weighted by Gasteiger charge is -2.45. The van der Waals surface area contributed by atoms with Crippen molar-refractivity contribution in [2.45, 2.75) is 135 Å². The highest BCUT2D eigenvalue weighted by molar-refractivity contribution is 5.75. The zero-order valence-electron chi connectivity index (χ0n) is 23.3. The van der Waals surface area contributed by atoms with Crippen LogP contribution in [0.4, 0.5) is 0 Å². The van der Waals surface area contributed by atoms with Crippen LogP contribution in [0.3, 0.4) is 0 Å². The van der Waals surface area contributed by atoms with E-state index in [0.29, 0.717) is 36.0 Å². The van der Waals surface area contributed by atoms with E-state index in [1.165, 1.54) is 57.8 Å². The van der Waals surface area contributed by atoms with E-state index in [4.69, 9.17) is 0 Å². The molecule has 5 aliphatic rings. The van der Waals surface area contributed by atoms with E-state index in [-0.39, 0.29) is 11.8 Å². The van der Waals surface area contributed by atoms with Gasteiger partial charge in [-0.25, -0.2) is 0 Å². The molecule has 1 N–H and O–H groups in total. The van der Waals surface area contributed by atoms with Crippen molar-refractivity contribution >= 4 is 11.8 Å². The summed E-state index contributed by atoms with van der Waals surface area (Å²) >= 11 is 0. The maximum atomic E-state index is 12.3. The third-order valence-corrected chi connectivity index (χ3v) is 9.97. The zero-order valence-corrected chi connectivity index (χ0v) is 23.3. The van der Waals surface area contributed by atoms with Gasteiger partial charge in [-0.15, -0.1) is 0 Å². The van der Waals surface area contributed by atoms with Gasteiger partial charge in [0.25, 0.3) is 0 Å². The minimum Gasteiger partial charge on any atom is -0.336 e. The van der Waals surface area contributed by atoms with Gasteiger partial charge in [-0.05, 0) is 100 Å². The Labute approximate surface area is 219 Å². The zero-order chi connectivity index (χ0) is 25.4. The number of piperidine rings is 3. The van der Waals surface area contributed by atoms with Gasteiger partial charge in [-0.3, -0.25) is 9.59 Å². The Kier molecular flexibility index (Phi) is 7.95. The second-order valence-electron chi connectivity index (χ2n) is 12.9. The van der Waals surface area contributed by atoms with Gasteiger partial charge in [0, 0.05) is 39.0 Å². The number of nitrogens with one attached hydrogen (secondary N) is 1. The van der Waals surface area contributed by atoms with Crippen molar-refractivity contribution < 1.29 is 9.59 Å². The van der Waals surface area contributed by atoms with Gasteiger partial charge in [-0.2, -0.15) is 0 Å². The summed E-state index contributed by atoms with van der Waals surface area (Å²) in [5.41, 5.74) is 6.55. The molecule has 5 rings (SSSR count). The maximum absolute atomic E-state index is 12.3. The number of likely N-dealkylation sites (tertiary alicyclic amines) is 2. The Balaban J connectivity index is 1.29. The van der Waals surface area contributed by atoms with E-state index >= 15 is 0 Å². The van der Waals surface area contributed by atoms with Crippen LogP contribution >= 0.6 is 0 Å². The lowest BCUT2D eigenvalue weighted by molar-refractivity contribution is -0.132. The topological polar surface area (TPSA) is 52.7 Å². The van der Waals surface area contributed by atoms with Crippen LogP contribution in [0.5, 0.6) is 0 Å². The summed E-state index contributed by atoms with van der Waals surface area (Å²) in [5.74, 6) is 1.83. The molecule has 0 aromatic heterocycles. The summed E-state index contributed by atoms with van der Waals surface area (Å²) in [4.78, 5) is 29.0. The standard InChI is InChI=1S/C31H49N3O2/c1-20-14-24(28-10-6-12-33(22(3)35)30(28)16-20)18-26-8-5-9-27(32-26)19-25-15-21(2)17-31-29(25)11-7-13-34(31)23(4)36/h20-21,26-27,30-32H,5-19H2,1-4H3. The predicted octanol–water partition coefficient (Wildman–Crippen LogP) is 5.75. The quantitative estimate of drug-likeness (QED) is 0.505. The molecule has 3 aliphatic heterocycles. The van der Waals surface area contributed by atoms with Crippen LogP contribution in [-0.4, -0.2) is 58.9 Å². The van der Waals surface area contributed by atoms with Crippen molar-refractivity contribution in [1.29, 1.82) is 0 Å². The molecule has 6 unspecified atom stereocenters. The number of fused-ring (bicyclic) bond motifs is 2. The fourth-order valence-corrected chi connectivity index (χ4v) is 8.51. The van der Waals surface area contributed by atoms with Crippen LogP contribution in [-0.2, 0) is 9.59 Å². The molecule has 3 heterocycles. The van der Waals surface area contributed by atoms with Crippen molar-refractivity contribution in [2.24, 2.45) is 11.8 Å². The SMILES string of the molecule is CC(=O)N1CCCC2=C(CC3CCCC(CC4=C5CCCN(C(C)=O)C5CC(C)C4)N3)CC(C)CC21. The van der Waals surface area contributed by atoms with Crippen molar-refractivity contribution in [2.75, 3.05) is 13.1 Å². The molecular weight excluding hydrogens is 446 g/mol. The number of hydrogen-bond acceptors (Lipinski definition) is 3. The number of carbonyl (C=O) groups is 2. The van der Waals surface area contributed by atoms with Gasteiger partial charge in [0.2, 0.25) is 11.8 Å². The molecule has 200 valence electrons. The van der Waals surface area contributed by atoms with Gasteiger partial charge in [0.05, 0.1) is 12.1 Å². The van der Waals surface area contributed by atoms with E-state index in [9.17, 15) is 9.59 Å². The smallest absolute Gasteiger partial charge is 0.219 e. The van der Waals surface area contributed by atoms with Gasteiger partial charge in [0.1, 0.15) is 0 Å². The van der Waals surface area contributed by atoms with Crippen LogP contribution in [0, 0.1) is 11.8 Å². The van der Waals surface area contributed by atoms with E-state index in [1.54, 1.807) is 36.1 Å². The maximum Gasteiger partial charge on any atom is 0.219 e. The Morgan fingerprint density at radius 1 is 0.750 bits per heavy atom. The first-order valence-corrected chi connectivity index (χ1v) is 15.0. The summed E-state index contributed by atoms with van der Waals surface area (Å²) in [5, 5.41) is 4.11. The monoisotopic (exact) mass is 495 g/mol. The second-order valence-corrected chi connectivity index (χ2v) is 12.9. The Morgan fingerprint density at radius 2 is 1.19 bits per heavy atom. The molecule has 3 saturated heterocycles. The van der Waals surface area contributed by atoms with Crippen molar-refractivity contribution in [3.05, 3.63) is 22.3 Å². The van der Waals surface area contributed by atoms with Crippen LogP contribution in [0.25, 0.3) is 0 Å². The van der Waals surface area contributed by atoms with E-state index < -0.39 is 0 Å². The van der Waals surface area contributed by atoms with Gasteiger partial charge < -0.3 is 15.1 Å². The highest BCUT2D eigenvalue weighted by atomic mass is 16.2. The summed E-state index contributed by atoms with van der Waals surface area (Å²) in [6.45, 7) is 10.1. The average Bonchev–Trinajstić information content (AvgIpc) is 2.83. The largest absolute Gasteiger partial charge is 0.336 e. The molecule has 0 aromatic rings. The number of hydrogen-bond donors (Lipinski definition) is 1. The number of amides is 2. The number of rotatable bonds is 4. The van der Waals surface area contributed by atoms with Crippen molar-refractivity contribution in [3.8, 4) is 0 Å². The van der Waals surface area contributed by atoms with Crippen LogP contribution in [0.2, 0.25) is 0 Å². The molecule has 36 heavy (non-hydrogen) atoms. The van der Waals surface area contributed by atoms with Gasteiger partial charge >= 0.3 is 0 Å². The molecule has 0 aromatic carbocycles. The normalized spacial score (nSPS) is 35.4. The molecule has 0 radical (unpaired) electrons. The fourth-order valence-electron chi connectivity index (χ4n) is 8.51. The summed E-state index contributed by atoms with van der Waals surface area (Å²) < 4.78 is 0. The molecule has 0 bridgehead atoms. The van der Waals surface area contributed by atoms with E-state index in [2.05, 4.69) is 29.0 Å². The van der Waals surface area contributed by atoms with E-state index in [1.807, 2.05) is 0 Å². The molecule has 2 aliphatic carbocycles. The molecule has 3 fully saturated rings. The Hall–Kier alpha value is -1.62. The molecule has 0 spiro atoms. The Bertz CT molecular complexity index is 849. The molecule has 5 nitrogen and oxygen atoms in total. The highest BCUT2D eigenvalue weighted by Crippen LogP contribution is 2.42. The van der Waals surface area contributed by atoms with Crippen molar-refractivity contribution in [1.82, 2.24) is 15.1 Å². The van der Waals surface area contributed by atoms with Crippen LogP contribution < -0.4 is 5.32 Å². The predicted molar refractivity (Wildman–Crippen MR) is 145 cm³/mol. The first-order valence-electron chi connectivity index (χ1n) is 15.0. The minimum absolute atomic E-state index is 0.252. The lowest BCUT2D eigenvalue weighted by Crippen LogP contribution is -2.48. The first kappa shape index (κ1) is 26.0. The molecule has 0 saturated carbocycles. The number of carbonyl (C=O) groups excluding carboxylic acids is 2. The van der Waals surface area contributed by atoms with Gasteiger partial charge in [-0.1, -0.05) is 31.4 Å². The summed E-state index contributed by atoms with van der Waals surface area (Å²) in [6.07, 6.45) is 15.5. The second kappa shape index (κ2) is 11.0. The minimum atomic E-state index is 0.252. The van der Waals surface area contributed by atoms with E-state index in [0.717, 1.165) is 38.8 Å². The average molecular weight is 496 g/mol. The first-order chi connectivity index (χ1) is 17.3. The van der Waals surface area contributed by atoms with Crippen LogP contribution in [0.1, 0.15) is 111 Å². The molecular formula is C31H49N3O2. The van der Waals surface area contributed by atoms with Crippen LogP contribution in [0.15, 0.2) is 22.3 Å². The Morgan fingerprint density at radius 3 is 1.61 bits per heavy atom. The summed E-state index contributed by atoms with van der Waals surface area (Å²) in [7, 11) is 0. The highest BCUT2D eigenvalue weighted by Gasteiger charge is 2.38. The third kappa shape index (κ3) is 5.47. The van der Waals surface area contributed by atoms with Crippen molar-refractivity contribution in [3.63, 3.8) is 0 Å². The number of nitrogens with zero attached hydrogens (tertiary/aromatic N) is 2. The third-order valence-electron chi connectivity index (χ3n) is 9.97. The fraction of sp³-hybridized carbons (Fsp3) is 0.806.